The van der Waals surface area contributed by atoms with Crippen LogP contribution in [-0.4, -0.2) is 106 Å². The van der Waals surface area contributed by atoms with Gasteiger partial charge in [-0.15, -0.1) is 0 Å². The van der Waals surface area contributed by atoms with Gasteiger partial charge in [0.15, 0.2) is 11.4 Å². The first-order valence-electron chi connectivity index (χ1n) is 21.2. The molecular formula is C46H62N4O11. The Labute approximate surface area is 356 Å². The van der Waals surface area contributed by atoms with Crippen LogP contribution < -0.4 is 20.8 Å². The van der Waals surface area contributed by atoms with Gasteiger partial charge in [-0.3, -0.25) is 24.4 Å². The minimum Gasteiger partial charge on any atom is -0.507 e. The number of piperidine rings is 1. The molecule has 61 heavy (non-hydrogen) atoms. The summed E-state index contributed by atoms with van der Waals surface area (Å²) in [6.45, 7) is 19.5. The van der Waals surface area contributed by atoms with Gasteiger partial charge in [-0.25, -0.2) is 0 Å². The SMILES string of the molecule is CO[C@@H]1/C=C\O[C@@]2(C)Oc3c(C)c(O)c4c(O)c(c5c(c4c3C2=O)=NC2(CCN(CC(C)C)CC2)N=5)NC(=O)/C(C)=C\C=C/[C@H](C)[C@H](O)[C@@H](C)[C@@H](O)[C@@H](C)[C@H](OC(C)=O)[C@H]1C. The van der Waals surface area contributed by atoms with Crippen LogP contribution in [0.3, 0.4) is 0 Å². The van der Waals surface area contributed by atoms with E-state index >= 15 is 0 Å². The number of likely N-dealkylation sites (tertiary alicyclic amines) is 1. The Morgan fingerprint density at radius 3 is 2.25 bits per heavy atom. The molecule has 2 aromatic rings. The number of aliphatic hydroxyl groups excluding tert-OH is 2. The Hall–Kier alpha value is -4.83. The van der Waals surface area contributed by atoms with E-state index in [9.17, 15) is 34.8 Å². The van der Waals surface area contributed by atoms with Crippen LogP contribution >= 0.6 is 0 Å². The first kappa shape index (κ1) is 45.7. The molecule has 2 aromatic carbocycles. The van der Waals surface area contributed by atoms with Crippen LogP contribution in [0.4, 0.5) is 5.69 Å². The van der Waals surface area contributed by atoms with Crippen molar-refractivity contribution in [1.82, 2.24) is 4.90 Å². The average molecular weight is 847 g/mol. The molecule has 15 heteroatoms. The molecule has 0 saturated carbocycles. The van der Waals surface area contributed by atoms with Crippen molar-refractivity contribution in [2.75, 3.05) is 32.1 Å². The van der Waals surface area contributed by atoms with Crippen molar-refractivity contribution in [3.63, 3.8) is 0 Å². The molecule has 0 unspecified atom stereocenters. The minimum absolute atomic E-state index is 0.0364. The number of amides is 1. The van der Waals surface area contributed by atoms with Crippen molar-refractivity contribution in [2.24, 2.45) is 39.6 Å². The van der Waals surface area contributed by atoms with Crippen LogP contribution in [-0.2, 0) is 23.8 Å². The molecule has 332 valence electrons. The number of aromatic hydroxyl groups is 2. The van der Waals surface area contributed by atoms with Gasteiger partial charge in [0.2, 0.25) is 0 Å². The Bertz CT molecular complexity index is 2300. The zero-order valence-electron chi connectivity index (χ0n) is 37.1. The molecule has 4 aliphatic rings. The standard InChI is InChI=1S/C46H62N4O11/c1-22(2)21-50-18-16-46(17-19-50)48-34-31-32-39(54)28(8)42-33(31)43(56)45(10,61-42)59-20-15-30(58-11)25(5)41(60-29(9)51)27(7)38(53)26(6)37(52)23(3)13-12-14-24(4)44(57)47-36(40(32)55)35(34)49-46/h12-15,20,22-23,25-27,30,37-38,41,52-55H,16-19,21H2,1-11H3,(H,47,57)/b13-12-,20-15-,24-14-/t23-,25-,26+,27+,30+,37-,38+,41+,45-/m0/s1. The highest BCUT2D eigenvalue weighted by Gasteiger charge is 2.50. The lowest BCUT2D eigenvalue weighted by atomic mass is 9.78. The lowest BCUT2D eigenvalue weighted by molar-refractivity contribution is -0.160. The minimum atomic E-state index is -1.96. The van der Waals surface area contributed by atoms with E-state index in [4.69, 9.17) is 28.9 Å². The van der Waals surface area contributed by atoms with Crippen molar-refractivity contribution in [3.8, 4) is 17.2 Å². The highest BCUT2D eigenvalue weighted by atomic mass is 16.7. The molecular weight excluding hydrogens is 785 g/mol. The lowest BCUT2D eigenvalue weighted by Gasteiger charge is -2.38. The Morgan fingerprint density at radius 2 is 1.62 bits per heavy atom. The van der Waals surface area contributed by atoms with Gasteiger partial charge in [0.05, 0.1) is 40.9 Å². The molecule has 1 saturated heterocycles. The van der Waals surface area contributed by atoms with E-state index < -0.39 is 82.9 Å². The zero-order chi connectivity index (χ0) is 44.9. The van der Waals surface area contributed by atoms with Gasteiger partial charge < -0.3 is 49.6 Å². The molecule has 15 nitrogen and oxygen atoms in total. The van der Waals surface area contributed by atoms with E-state index in [1.54, 1.807) is 65.8 Å². The Morgan fingerprint density at radius 1 is 0.967 bits per heavy atom. The number of rotatable bonds is 4. The number of nitrogens with one attached hydrogen (secondary N) is 1. The molecule has 5 N–H and O–H groups in total. The van der Waals surface area contributed by atoms with Crippen molar-refractivity contribution in [2.45, 2.75) is 118 Å². The number of phenols is 2. The van der Waals surface area contributed by atoms with E-state index in [-0.39, 0.29) is 55.4 Å². The summed E-state index contributed by atoms with van der Waals surface area (Å²) in [4.78, 5) is 53.7. The van der Waals surface area contributed by atoms with E-state index in [2.05, 4.69) is 24.1 Å². The summed E-state index contributed by atoms with van der Waals surface area (Å²) in [7, 11) is 1.47. The molecule has 4 heterocycles. The van der Waals surface area contributed by atoms with Gasteiger partial charge in [-0.05, 0) is 25.8 Å². The van der Waals surface area contributed by atoms with Gasteiger partial charge in [-0.1, -0.05) is 59.8 Å². The van der Waals surface area contributed by atoms with Crippen LogP contribution in [0, 0.1) is 36.5 Å². The fourth-order valence-corrected chi connectivity index (χ4v) is 9.20. The highest BCUT2D eigenvalue weighted by molar-refractivity contribution is 6.19. The summed E-state index contributed by atoms with van der Waals surface area (Å²) >= 11 is 0. The third-order valence-electron chi connectivity index (χ3n) is 12.9. The smallest absolute Gasteiger partial charge is 0.312 e. The summed E-state index contributed by atoms with van der Waals surface area (Å²) in [5.74, 6) is -6.44. The molecule has 4 aliphatic heterocycles. The molecule has 0 aromatic heterocycles. The number of nitrogens with zero attached hydrogens (tertiary/aromatic N) is 3. The van der Waals surface area contributed by atoms with Crippen molar-refractivity contribution in [3.05, 3.63) is 58.0 Å². The normalized spacial score (nSPS) is 32.7. The first-order chi connectivity index (χ1) is 28.6. The number of phenolic OH excluding ortho intramolecular Hbond substituents is 2. The number of methoxy groups -OCH3 is 1. The van der Waals surface area contributed by atoms with E-state index in [1.807, 2.05) is 0 Å². The number of aliphatic hydroxyl groups is 2. The predicted octanol–water partition coefficient (Wildman–Crippen LogP) is 4.75. The van der Waals surface area contributed by atoms with E-state index in [0.29, 0.717) is 31.8 Å². The predicted molar refractivity (Wildman–Crippen MR) is 228 cm³/mol. The molecule has 1 spiro atoms. The van der Waals surface area contributed by atoms with E-state index in [0.717, 1.165) is 6.54 Å². The summed E-state index contributed by atoms with van der Waals surface area (Å²) in [6, 6.07) is 0. The monoisotopic (exact) mass is 846 g/mol. The zero-order valence-corrected chi connectivity index (χ0v) is 37.1. The molecule has 4 bridgehead atoms. The number of esters is 1. The van der Waals surface area contributed by atoms with Gasteiger partial charge in [0.1, 0.15) is 28.6 Å². The third-order valence-corrected chi connectivity index (χ3v) is 12.9. The van der Waals surface area contributed by atoms with Crippen LogP contribution in [0.15, 0.2) is 46.1 Å². The number of Topliss-reactive ketones (excluding diaryl/α,β-unsaturated/α-hetero) is 1. The number of allylic oxidation sites excluding steroid dienone is 2. The third kappa shape index (κ3) is 8.54. The molecule has 9 atom stereocenters. The fourth-order valence-electron chi connectivity index (χ4n) is 9.20. The quantitative estimate of drug-likeness (QED) is 0.209. The molecule has 1 amide bonds. The number of anilines is 1. The lowest BCUT2D eigenvalue weighted by Crippen LogP contribution is -2.46. The number of carbonyl (C=O) groups is 3. The number of carbonyl (C=O) groups excluding carboxylic acids is 3. The number of ether oxygens (including phenoxy) is 4. The maximum Gasteiger partial charge on any atom is 0.312 e. The second-order valence-electron chi connectivity index (χ2n) is 18.0. The number of hydrogen-bond donors (Lipinski definition) is 5. The molecule has 0 radical (unpaired) electrons. The number of hydrogen-bond acceptors (Lipinski definition) is 14. The molecule has 0 aliphatic carbocycles. The summed E-state index contributed by atoms with van der Waals surface area (Å²) < 4.78 is 24.0. The second kappa shape index (κ2) is 17.5. The van der Waals surface area contributed by atoms with Gasteiger partial charge in [0, 0.05) is 93.6 Å². The Balaban J connectivity index is 1.54. The van der Waals surface area contributed by atoms with Gasteiger partial charge in [-0.2, -0.15) is 0 Å². The highest BCUT2D eigenvalue weighted by Crippen LogP contribution is 2.50. The maximum absolute atomic E-state index is 14.7. The number of benzene rings is 2. The maximum atomic E-state index is 14.7. The summed E-state index contributed by atoms with van der Waals surface area (Å²) in [6.07, 6.45) is 5.04. The topological polar surface area (TPSA) is 209 Å². The fraction of sp³-hybridized carbons (Fsp3) is 0.587. The summed E-state index contributed by atoms with van der Waals surface area (Å²) in [5.41, 5.74) is -0.572. The number of ketones is 1. The van der Waals surface area contributed by atoms with Gasteiger partial charge >= 0.3 is 11.8 Å². The first-order valence-corrected chi connectivity index (χ1v) is 21.2. The van der Waals surface area contributed by atoms with E-state index in [1.165, 1.54) is 27.2 Å². The molecule has 1 fully saturated rings. The number of fused-ring (bicyclic) bond motifs is 1. The van der Waals surface area contributed by atoms with Crippen molar-refractivity contribution >= 4 is 34.1 Å². The van der Waals surface area contributed by atoms with Crippen LogP contribution in [0.1, 0.15) is 91.1 Å². The van der Waals surface area contributed by atoms with Gasteiger partial charge in [0.25, 0.3) is 11.7 Å². The van der Waals surface area contributed by atoms with Crippen LogP contribution in [0.25, 0.3) is 10.8 Å². The van der Waals surface area contributed by atoms with Crippen LogP contribution in [0.2, 0.25) is 0 Å². The summed E-state index contributed by atoms with van der Waals surface area (Å²) in [5, 5.41) is 50.2. The average Bonchev–Trinajstić information content (AvgIpc) is 3.71. The van der Waals surface area contributed by atoms with Crippen LogP contribution in [0.5, 0.6) is 17.2 Å². The second-order valence-corrected chi connectivity index (χ2v) is 18.0. The van der Waals surface area contributed by atoms with Crippen molar-refractivity contribution in [1.29, 1.82) is 0 Å². The van der Waals surface area contributed by atoms with Crippen molar-refractivity contribution < 1.29 is 53.8 Å². The Kier molecular flexibility index (Phi) is 13.1. The largest absolute Gasteiger partial charge is 0.507 e. The molecule has 6 rings (SSSR count).